The number of aliphatic hydroxyl groups is 1. The Morgan fingerprint density at radius 3 is 0.806 bits per heavy atom. The maximum atomic E-state index is 8.12. The van der Waals surface area contributed by atoms with Crippen LogP contribution >= 0.6 is 0 Å². The molecule has 0 saturated carbocycles. The van der Waals surface area contributed by atoms with Crippen LogP contribution in [0.4, 0.5) is 0 Å². The van der Waals surface area contributed by atoms with E-state index in [1.54, 1.807) is 7.11 Å². The fourth-order valence-corrected chi connectivity index (χ4v) is 0.0913. The molecule has 0 saturated heterocycles. The van der Waals surface area contributed by atoms with Crippen molar-refractivity contribution in [3.05, 3.63) is 14.9 Å². The van der Waals surface area contributed by atoms with Crippen LogP contribution in [0.1, 0.15) is 7.43 Å². The molecule has 0 aliphatic rings. The Bertz CT molecular complexity index is 294. The third-order valence-corrected chi connectivity index (χ3v) is 0.295. The fourth-order valence-electron chi connectivity index (χ4n) is 0.0913. The van der Waals surface area contributed by atoms with Crippen LogP contribution in [0.2, 0.25) is 14.0 Å². The number of ether oxygens (including phenoxy) is 1. The molecule has 0 amide bonds. The first-order chi connectivity index (χ1) is 11.2. The molecule has 0 unspecified atom stereocenters. The van der Waals surface area contributed by atoms with E-state index in [1.807, 2.05) is 0 Å². The first kappa shape index (κ1) is 97.0. The average Bonchev–Trinajstić information content (AvgIpc) is 2.43. The first-order valence-corrected chi connectivity index (χ1v) is 15.2. The summed E-state index contributed by atoms with van der Waals surface area (Å²) in [5.74, 6) is 0. The van der Waals surface area contributed by atoms with E-state index in [0.29, 0.717) is 6.61 Å². The van der Waals surface area contributed by atoms with E-state index < -0.39 is 21.4 Å². The van der Waals surface area contributed by atoms with Crippen molar-refractivity contribution < 1.29 is 102 Å². The van der Waals surface area contributed by atoms with Crippen molar-refractivity contribution in [2.24, 2.45) is 0 Å². The maximum Gasteiger partial charge on any atom is 3.00 e. The first-order valence-electron chi connectivity index (χ1n) is 5.29. The third kappa shape index (κ3) is 7350. The summed E-state index contributed by atoms with van der Waals surface area (Å²) < 4.78 is 11.6. The van der Waals surface area contributed by atoms with E-state index >= 15 is 0 Å². The normalized spacial score (nSPS) is 3.52. The smallest absolute Gasteiger partial charge is 0 e. The van der Waals surface area contributed by atoms with Crippen LogP contribution in [-0.2, 0) is 91.6 Å². The topological polar surface area (TPSA) is 232 Å². The van der Waals surface area contributed by atoms with E-state index in [-0.39, 0.29) is 130 Å². The van der Waals surface area contributed by atoms with Crippen molar-refractivity contribution in [3.8, 4) is 0 Å². The van der Waals surface area contributed by atoms with E-state index in [9.17, 15) is 0 Å². The van der Waals surface area contributed by atoms with Gasteiger partial charge in [-0.1, -0.05) is 7.43 Å². The molecule has 0 fully saturated rings. The van der Waals surface area contributed by atoms with Gasteiger partial charge in [-0.15, -0.1) is 0 Å². The van der Waals surface area contributed by atoms with Crippen LogP contribution in [0.5, 0.6) is 0 Å². The molecule has 0 spiro atoms. The van der Waals surface area contributed by atoms with Gasteiger partial charge in [0, 0.05) is 26.6 Å². The molecular formula is C14H29In2O13Zn2+3. The number of aliphatic hydroxyl groups excluding tert-OH is 1. The van der Waals surface area contributed by atoms with Gasteiger partial charge in [-0.25, -0.2) is 0 Å². The van der Waals surface area contributed by atoms with Crippen molar-refractivity contribution in [1.82, 2.24) is 0 Å². The summed E-state index contributed by atoms with van der Waals surface area (Å²) in [6.45, 7) is 0.566. The molecule has 0 rings (SSSR count). The standard InChI is InChI=1S/C3H8O2.5CO2.CH4.5CH3.2In.H2O.2Zn/c1-5-3-2-4;5*2-1-3;;;;;;;;;;;/h4H,2-3H2,1H3;;;;;;1H4;5*1H3;;;1H2;;/q;;;;;;;;;;2*-1;;+3;;;+2. The molecule has 0 aromatic heterocycles. The van der Waals surface area contributed by atoms with Gasteiger partial charge in [0.05, 0.1) is 13.2 Å². The van der Waals surface area contributed by atoms with Crippen LogP contribution in [0.3, 0.4) is 0 Å². The van der Waals surface area contributed by atoms with Crippen LogP contribution in [-0.4, -0.2) is 109 Å². The minimum Gasteiger partial charge on any atom is 0 e. The summed E-state index contributed by atoms with van der Waals surface area (Å²) in [5, 5.41) is 7.94. The zero-order chi connectivity index (χ0) is 21.2. The fraction of sp³-hybridized carbons (Fsp3) is 0.500. The van der Waals surface area contributed by atoms with Gasteiger partial charge >= 0.3 is 112 Å². The Labute approximate surface area is 234 Å². The molecule has 0 radical (unpaired) electrons. The zero-order valence-corrected chi connectivity index (χ0v) is 30.4. The minimum absolute atomic E-state index is 0. The number of methoxy groups -OCH3 is 1. The minimum atomic E-state index is -0.637. The van der Waals surface area contributed by atoms with Gasteiger partial charge in [-0.2, -0.15) is 47.9 Å². The summed E-state index contributed by atoms with van der Waals surface area (Å²) in [6.07, 6.45) is 1.25. The van der Waals surface area contributed by atoms with E-state index in [4.69, 9.17) is 53.1 Å². The molecule has 0 atom stereocenters. The van der Waals surface area contributed by atoms with Gasteiger partial charge in [0.2, 0.25) is 0 Å². The molecule has 31 heavy (non-hydrogen) atoms. The monoisotopic (exact) mass is 763 g/mol. The van der Waals surface area contributed by atoms with Gasteiger partial charge in [0.15, 0.2) is 0 Å². The van der Waals surface area contributed by atoms with Gasteiger partial charge < -0.3 is 30.2 Å². The van der Waals surface area contributed by atoms with Gasteiger partial charge in [-0.05, 0) is 0 Å². The number of carbonyl (C=O) groups excluding carboxylic acids is 10. The summed E-state index contributed by atoms with van der Waals surface area (Å²) in [7, 11) is 1.55. The molecule has 0 bridgehead atoms. The predicted molar refractivity (Wildman–Crippen MR) is 96.3 cm³/mol. The Hall–Kier alpha value is -0.233. The van der Waals surface area contributed by atoms with Crippen LogP contribution in [0.25, 0.3) is 0 Å². The number of rotatable bonds is 2. The Morgan fingerprint density at radius 2 is 0.806 bits per heavy atom. The maximum absolute atomic E-state index is 8.12. The average molecular weight is 766 g/mol. The Kier molecular flexibility index (Phi) is 665. The number of hydrogen-bond acceptors (Lipinski definition) is 12. The summed E-state index contributed by atoms with van der Waals surface area (Å²) in [6, 6.07) is 0. The molecule has 0 aliphatic carbocycles. The molecular weight excluding hydrogens is 737 g/mol. The van der Waals surface area contributed by atoms with Crippen molar-refractivity contribution in [3.63, 3.8) is 0 Å². The molecule has 3 N–H and O–H groups in total. The molecule has 0 aromatic carbocycles. The second kappa shape index (κ2) is 212. The SMILES string of the molecule is C.COCCO.O.O=C=O.O=C=O.O=C=O.O=C=O.O=C=O.[CH3-].[CH3-].[CH3][In]([CH3])[CH3].[In+3].[Zn+2].[Zn]. The third-order valence-electron chi connectivity index (χ3n) is 0.295. The largest absolute Gasteiger partial charge is 3.00 e. The molecule has 170 valence electrons. The van der Waals surface area contributed by atoms with Gasteiger partial charge in [-0.3, -0.25) is 0 Å². The summed E-state index contributed by atoms with van der Waals surface area (Å²) in [5.41, 5.74) is 0. The van der Waals surface area contributed by atoms with Gasteiger partial charge in [0.1, 0.15) is 0 Å². The molecule has 0 aliphatic heterocycles. The van der Waals surface area contributed by atoms with Crippen LogP contribution < -0.4 is 0 Å². The van der Waals surface area contributed by atoms with E-state index in [2.05, 4.69) is 18.8 Å². The molecule has 13 nitrogen and oxygen atoms in total. The molecule has 17 heteroatoms. The Morgan fingerprint density at radius 1 is 0.710 bits per heavy atom. The second-order valence-corrected chi connectivity index (χ2v) is 12.8. The van der Waals surface area contributed by atoms with E-state index in [1.165, 1.54) is 0 Å². The van der Waals surface area contributed by atoms with Crippen molar-refractivity contribution in [1.29, 1.82) is 0 Å². The zero-order valence-electron chi connectivity index (χ0n) is 17.9. The van der Waals surface area contributed by atoms with E-state index in [0.717, 1.165) is 0 Å². The van der Waals surface area contributed by atoms with Gasteiger partial charge in [0.25, 0.3) is 0 Å². The predicted octanol–water partition coefficient (Wildman–Crippen LogP) is -1.60. The quantitative estimate of drug-likeness (QED) is 0.248. The summed E-state index contributed by atoms with van der Waals surface area (Å²) in [4.78, 5) is 81.2. The molecule has 0 heterocycles. The summed E-state index contributed by atoms with van der Waals surface area (Å²) >= 11 is -0.637. The van der Waals surface area contributed by atoms with Crippen LogP contribution in [0, 0.1) is 14.9 Å². The molecule has 0 aromatic rings. The van der Waals surface area contributed by atoms with Crippen LogP contribution in [0.15, 0.2) is 0 Å². The van der Waals surface area contributed by atoms with Crippen molar-refractivity contribution in [2.45, 2.75) is 21.5 Å². The van der Waals surface area contributed by atoms with Crippen molar-refractivity contribution >= 4 is 78.0 Å². The van der Waals surface area contributed by atoms with Crippen molar-refractivity contribution in [2.75, 3.05) is 20.3 Å². The second-order valence-electron chi connectivity index (χ2n) is 2.87. The number of hydrogen-bond donors (Lipinski definition) is 1. The Balaban J connectivity index is -0.00000000881.